The van der Waals surface area contributed by atoms with Crippen molar-refractivity contribution >= 4 is 11.6 Å². The van der Waals surface area contributed by atoms with Crippen LogP contribution in [0, 0.1) is 5.92 Å². The smallest absolute Gasteiger partial charge is 0.129 e. The van der Waals surface area contributed by atoms with Gasteiger partial charge in [-0.05, 0) is 24.0 Å². The predicted molar refractivity (Wildman–Crippen MR) is 58.3 cm³/mol. The van der Waals surface area contributed by atoms with Gasteiger partial charge in [-0.2, -0.15) is 0 Å². The monoisotopic (exact) mass is 213 g/mol. The molecule has 3 heteroatoms. The van der Waals surface area contributed by atoms with Gasteiger partial charge in [0, 0.05) is 6.20 Å². The van der Waals surface area contributed by atoms with Crippen LogP contribution in [0.2, 0.25) is 5.15 Å². The molecule has 0 aliphatic heterocycles. The summed E-state index contributed by atoms with van der Waals surface area (Å²) in [5.74, 6) is 0.528. The molecule has 0 saturated carbocycles. The molecule has 0 aliphatic rings. The molecule has 0 aromatic carbocycles. The maximum Gasteiger partial charge on any atom is 0.129 e. The lowest BCUT2D eigenvalue weighted by Gasteiger charge is -2.14. The fourth-order valence-corrected chi connectivity index (χ4v) is 1.38. The Labute approximate surface area is 89.9 Å². The van der Waals surface area contributed by atoms with Gasteiger partial charge < -0.3 is 5.11 Å². The van der Waals surface area contributed by atoms with Crippen molar-refractivity contribution in [3.05, 3.63) is 29.0 Å². The summed E-state index contributed by atoms with van der Waals surface area (Å²) in [6.45, 7) is 4.25. The van der Waals surface area contributed by atoms with Crippen LogP contribution in [-0.4, -0.2) is 10.1 Å². The summed E-state index contributed by atoms with van der Waals surface area (Å²) in [4.78, 5) is 3.94. The number of pyridine rings is 1. The lowest BCUT2D eigenvalue weighted by atomic mass is 9.97. The van der Waals surface area contributed by atoms with Crippen molar-refractivity contribution < 1.29 is 5.11 Å². The summed E-state index contributed by atoms with van der Waals surface area (Å²) in [6, 6.07) is 3.53. The molecule has 14 heavy (non-hydrogen) atoms. The number of hydrogen-bond acceptors (Lipinski definition) is 2. The molecule has 1 aromatic rings. The van der Waals surface area contributed by atoms with Gasteiger partial charge in [0.2, 0.25) is 0 Å². The normalized spacial score (nSPS) is 15.1. The number of halogens is 1. The average Bonchev–Trinajstić information content (AvgIpc) is 2.18. The molecule has 78 valence electrons. The molecule has 1 N–H and O–H groups in total. The second kappa shape index (κ2) is 5.32. The van der Waals surface area contributed by atoms with Crippen LogP contribution in [0.4, 0.5) is 0 Å². The largest absolute Gasteiger partial charge is 0.388 e. The summed E-state index contributed by atoms with van der Waals surface area (Å²) >= 11 is 5.66. The molecular formula is C11H16ClNO. The highest BCUT2D eigenvalue weighted by molar-refractivity contribution is 6.29. The van der Waals surface area contributed by atoms with Gasteiger partial charge in [-0.15, -0.1) is 0 Å². The van der Waals surface area contributed by atoms with Crippen LogP contribution < -0.4 is 0 Å². The zero-order valence-electron chi connectivity index (χ0n) is 8.57. The third kappa shape index (κ3) is 3.28. The first-order chi connectivity index (χ1) is 6.63. The zero-order valence-corrected chi connectivity index (χ0v) is 9.33. The van der Waals surface area contributed by atoms with E-state index < -0.39 is 6.10 Å². The van der Waals surface area contributed by atoms with E-state index in [9.17, 15) is 5.11 Å². The van der Waals surface area contributed by atoms with Crippen molar-refractivity contribution in [2.45, 2.75) is 32.8 Å². The molecule has 1 heterocycles. The van der Waals surface area contributed by atoms with Crippen LogP contribution in [-0.2, 0) is 0 Å². The second-order valence-corrected chi connectivity index (χ2v) is 4.07. The number of nitrogens with zero attached hydrogens (tertiary/aromatic N) is 1. The van der Waals surface area contributed by atoms with E-state index in [1.807, 2.05) is 6.07 Å². The third-order valence-electron chi connectivity index (χ3n) is 2.46. The number of aliphatic hydroxyl groups excluding tert-OH is 1. The summed E-state index contributed by atoms with van der Waals surface area (Å²) < 4.78 is 0. The van der Waals surface area contributed by atoms with E-state index in [4.69, 9.17) is 11.6 Å². The molecule has 1 rings (SSSR count). The van der Waals surface area contributed by atoms with Gasteiger partial charge in [0.25, 0.3) is 0 Å². The summed E-state index contributed by atoms with van der Waals surface area (Å²) in [6.07, 6.45) is 3.07. The van der Waals surface area contributed by atoms with Gasteiger partial charge >= 0.3 is 0 Å². The molecule has 1 aromatic heterocycles. The van der Waals surface area contributed by atoms with E-state index in [2.05, 4.69) is 18.8 Å². The first-order valence-corrected chi connectivity index (χ1v) is 5.30. The van der Waals surface area contributed by atoms with Crippen LogP contribution in [0.15, 0.2) is 18.3 Å². The number of rotatable bonds is 4. The van der Waals surface area contributed by atoms with Crippen molar-refractivity contribution in [3.63, 3.8) is 0 Å². The molecule has 0 spiro atoms. The molecule has 0 fully saturated rings. The number of aromatic nitrogens is 1. The minimum Gasteiger partial charge on any atom is -0.388 e. The Hall–Kier alpha value is -0.600. The summed E-state index contributed by atoms with van der Waals surface area (Å²) in [5, 5.41) is 10.3. The van der Waals surface area contributed by atoms with E-state index in [1.165, 1.54) is 0 Å². The van der Waals surface area contributed by atoms with Crippen molar-refractivity contribution in [2.24, 2.45) is 5.92 Å². The molecule has 0 saturated heterocycles. The molecular weight excluding hydrogens is 198 g/mol. The van der Waals surface area contributed by atoms with Crippen molar-refractivity contribution in [2.75, 3.05) is 0 Å². The molecule has 0 amide bonds. The van der Waals surface area contributed by atoms with Gasteiger partial charge in [-0.3, -0.25) is 0 Å². The van der Waals surface area contributed by atoms with Crippen LogP contribution in [0.25, 0.3) is 0 Å². The Bertz CT molecular complexity index is 273. The van der Waals surface area contributed by atoms with Crippen LogP contribution in [0.1, 0.15) is 38.4 Å². The highest BCUT2D eigenvalue weighted by Crippen LogP contribution is 2.22. The van der Waals surface area contributed by atoms with Crippen molar-refractivity contribution in [1.29, 1.82) is 0 Å². The van der Waals surface area contributed by atoms with Gasteiger partial charge in [0.15, 0.2) is 0 Å². The van der Waals surface area contributed by atoms with E-state index in [-0.39, 0.29) is 0 Å². The highest BCUT2D eigenvalue weighted by atomic mass is 35.5. The lowest BCUT2D eigenvalue weighted by Crippen LogP contribution is -2.03. The fraction of sp³-hybridized carbons (Fsp3) is 0.545. The minimum absolute atomic E-state index is 0.422. The fourth-order valence-electron chi connectivity index (χ4n) is 1.27. The van der Waals surface area contributed by atoms with Crippen molar-refractivity contribution in [1.82, 2.24) is 4.98 Å². The first kappa shape index (κ1) is 11.5. The Balaban J connectivity index is 2.60. The maximum absolute atomic E-state index is 9.83. The molecule has 0 bridgehead atoms. The summed E-state index contributed by atoms with van der Waals surface area (Å²) in [5.41, 5.74) is 0.842. The van der Waals surface area contributed by atoms with Gasteiger partial charge in [-0.1, -0.05) is 37.9 Å². The second-order valence-electron chi connectivity index (χ2n) is 3.68. The van der Waals surface area contributed by atoms with E-state index >= 15 is 0 Å². The quantitative estimate of drug-likeness (QED) is 0.780. The molecule has 0 aliphatic carbocycles. The summed E-state index contributed by atoms with van der Waals surface area (Å²) in [7, 11) is 0. The number of aliphatic hydroxyl groups is 1. The molecule has 0 radical (unpaired) electrons. The Kier molecular flexibility index (Phi) is 4.36. The van der Waals surface area contributed by atoms with E-state index in [0.717, 1.165) is 18.4 Å². The van der Waals surface area contributed by atoms with Gasteiger partial charge in [-0.25, -0.2) is 4.98 Å². The predicted octanol–water partition coefficient (Wildman–Crippen LogP) is 3.20. The van der Waals surface area contributed by atoms with Crippen LogP contribution in [0.5, 0.6) is 0 Å². The first-order valence-electron chi connectivity index (χ1n) is 4.93. The van der Waals surface area contributed by atoms with E-state index in [0.29, 0.717) is 11.1 Å². The van der Waals surface area contributed by atoms with Crippen LogP contribution >= 0.6 is 11.6 Å². The standard InChI is InChI=1S/C11H16ClNO/c1-3-8(2)6-10(14)9-4-5-11(12)13-7-9/h4-5,7-8,10,14H,3,6H2,1-2H3. The average molecular weight is 214 g/mol. The Morgan fingerprint density at radius 3 is 2.71 bits per heavy atom. The minimum atomic E-state index is -0.422. The SMILES string of the molecule is CCC(C)CC(O)c1ccc(Cl)nc1. The maximum atomic E-state index is 9.83. The Morgan fingerprint density at radius 1 is 1.50 bits per heavy atom. The van der Waals surface area contributed by atoms with Gasteiger partial charge in [0.05, 0.1) is 6.10 Å². The molecule has 2 unspecified atom stereocenters. The lowest BCUT2D eigenvalue weighted by molar-refractivity contribution is 0.146. The van der Waals surface area contributed by atoms with E-state index in [1.54, 1.807) is 12.3 Å². The molecule has 2 nitrogen and oxygen atoms in total. The van der Waals surface area contributed by atoms with Crippen LogP contribution in [0.3, 0.4) is 0 Å². The van der Waals surface area contributed by atoms with Crippen molar-refractivity contribution in [3.8, 4) is 0 Å². The zero-order chi connectivity index (χ0) is 10.6. The topological polar surface area (TPSA) is 33.1 Å². The van der Waals surface area contributed by atoms with Gasteiger partial charge in [0.1, 0.15) is 5.15 Å². The highest BCUT2D eigenvalue weighted by Gasteiger charge is 2.11. The third-order valence-corrected chi connectivity index (χ3v) is 2.68. The molecule has 2 atom stereocenters. The number of hydrogen-bond donors (Lipinski definition) is 1. The Morgan fingerprint density at radius 2 is 2.21 bits per heavy atom.